The highest BCUT2D eigenvalue weighted by molar-refractivity contribution is 9.10. The number of phenols is 1. The van der Waals surface area contributed by atoms with Crippen LogP contribution >= 0.6 is 27.7 Å². The fourth-order valence-corrected chi connectivity index (χ4v) is 4.19. The number of thioether (sulfide) groups is 1. The molecule has 1 atom stereocenters. The number of aromatic nitrogens is 2. The van der Waals surface area contributed by atoms with Gasteiger partial charge in [-0.05, 0) is 46.6 Å². The van der Waals surface area contributed by atoms with Crippen molar-refractivity contribution >= 4 is 43.6 Å². The van der Waals surface area contributed by atoms with Gasteiger partial charge in [0.25, 0.3) is 0 Å². The predicted molar refractivity (Wildman–Crippen MR) is 98.2 cm³/mol. The first-order valence-corrected chi connectivity index (χ1v) is 9.00. The molecule has 0 bridgehead atoms. The van der Waals surface area contributed by atoms with Crippen molar-refractivity contribution in [2.75, 3.05) is 5.75 Å². The van der Waals surface area contributed by atoms with Crippen LogP contribution in [0.4, 0.5) is 0 Å². The number of phenolic OH excluding ortho intramolecular Hbond substituents is 1. The molecule has 0 saturated carbocycles. The molecule has 0 radical (unpaired) electrons. The Hall–Kier alpha value is -1.79. The number of aromatic hydroxyl groups is 1. The second-order valence-electron chi connectivity index (χ2n) is 5.76. The largest absolute Gasteiger partial charge is 0.507 e. The Morgan fingerprint density at radius 1 is 1.26 bits per heavy atom. The highest BCUT2D eigenvalue weighted by atomic mass is 79.9. The van der Waals surface area contributed by atoms with E-state index in [1.54, 1.807) is 17.8 Å². The lowest BCUT2D eigenvalue weighted by Gasteiger charge is -2.20. The molecule has 0 spiro atoms. The lowest BCUT2D eigenvalue weighted by molar-refractivity contribution is 0.467. The van der Waals surface area contributed by atoms with Crippen molar-refractivity contribution in [3.63, 3.8) is 0 Å². The number of H-pyrrole nitrogens is 1. The van der Waals surface area contributed by atoms with Crippen LogP contribution in [0.2, 0.25) is 0 Å². The fraction of sp³-hybridized carbons (Fsp3) is 0.176. The maximum Gasteiger partial charge on any atom is 0.130 e. The van der Waals surface area contributed by atoms with Crippen LogP contribution in [0.15, 0.2) is 51.9 Å². The van der Waals surface area contributed by atoms with Gasteiger partial charge in [0, 0.05) is 11.1 Å². The van der Waals surface area contributed by atoms with E-state index in [1.807, 2.05) is 30.3 Å². The quantitative estimate of drug-likeness (QED) is 0.682. The molecule has 1 aliphatic heterocycles. The number of fused-ring (bicyclic) bond motifs is 1. The molecule has 2 heterocycles. The number of aliphatic imine (C=N–C) groups is 1. The van der Waals surface area contributed by atoms with Gasteiger partial charge in [0.1, 0.15) is 16.5 Å². The van der Waals surface area contributed by atoms with E-state index >= 15 is 0 Å². The SMILES string of the molecule is CC1(c2ccc(Br)c(O)c2)CSC(c2n[nH]c3ccccc23)=N1. The zero-order valence-electron chi connectivity index (χ0n) is 12.4. The first-order chi connectivity index (χ1) is 11.1. The number of benzene rings is 2. The van der Waals surface area contributed by atoms with Crippen molar-refractivity contribution in [1.82, 2.24) is 10.2 Å². The molecule has 0 saturated heterocycles. The number of aromatic amines is 1. The summed E-state index contributed by atoms with van der Waals surface area (Å²) in [5.74, 6) is 1.06. The molecule has 1 unspecified atom stereocenters. The molecule has 1 aromatic heterocycles. The number of halogens is 1. The minimum absolute atomic E-state index is 0.239. The average Bonchev–Trinajstić information content (AvgIpc) is 3.14. The first-order valence-electron chi connectivity index (χ1n) is 7.22. The molecule has 4 nitrogen and oxygen atoms in total. The van der Waals surface area contributed by atoms with E-state index in [-0.39, 0.29) is 11.3 Å². The molecule has 1 aliphatic rings. The van der Waals surface area contributed by atoms with E-state index in [1.165, 1.54) is 0 Å². The van der Waals surface area contributed by atoms with Gasteiger partial charge in [0.05, 0.1) is 15.5 Å². The molecule has 6 heteroatoms. The van der Waals surface area contributed by atoms with Crippen LogP contribution in [0.1, 0.15) is 18.2 Å². The summed E-state index contributed by atoms with van der Waals surface area (Å²) in [5, 5.41) is 19.5. The summed E-state index contributed by atoms with van der Waals surface area (Å²) in [6.45, 7) is 2.09. The standard InChI is InChI=1S/C17H14BrN3OS/c1-17(10-6-7-12(18)14(22)8-10)9-23-16(19-17)15-11-4-2-3-5-13(11)20-21-15/h2-8,22H,9H2,1H3,(H,20,21). The first kappa shape index (κ1) is 14.8. The Labute approximate surface area is 146 Å². The normalized spacial score (nSPS) is 20.9. The van der Waals surface area contributed by atoms with Gasteiger partial charge in [-0.1, -0.05) is 24.3 Å². The summed E-state index contributed by atoms with van der Waals surface area (Å²) >= 11 is 5.02. The summed E-state index contributed by atoms with van der Waals surface area (Å²) in [6.07, 6.45) is 0. The van der Waals surface area contributed by atoms with Crippen molar-refractivity contribution in [3.05, 3.63) is 58.2 Å². The maximum absolute atomic E-state index is 9.95. The smallest absolute Gasteiger partial charge is 0.130 e. The van der Waals surface area contributed by atoms with Crippen LogP contribution in [0, 0.1) is 0 Å². The van der Waals surface area contributed by atoms with Gasteiger partial charge in [-0.2, -0.15) is 5.10 Å². The Morgan fingerprint density at radius 3 is 2.91 bits per heavy atom. The van der Waals surface area contributed by atoms with E-state index < -0.39 is 0 Å². The van der Waals surface area contributed by atoms with Gasteiger partial charge >= 0.3 is 0 Å². The molecule has 3 aromatic rings. The van der Waals surface area contributed by atoms with Crippen LogP contribution in [0.5, 0.6) is 5.75 Å². The second-order valence-corrected chi connectivity index (χ2v) is 7.58. The van der Waals surface area contributed by atoms with Crippen molar-refractivity contribution in [3.8, 4) is 5.75 Å². The summed E-state index contributed by atoms with van der Waals surface area (Å²) in [6, 6.07) is 13.7. The van der Waals surface area contributed by atoms with Crippen LogP contribution in [0.3, 0.4) is 0 Å². The lowest BCUT2D eigenvalue weighted by Crippen LogP contribution is -2.18. The average molecular weight is 388 g/mol. The molecule has 0 fully saturated rings. The number of para-hydroxylation sites is 1. The van der Waals surface area contributed by atoms with Crippen molar-refractivity contribution in [2.45, 2.75) is 12.5 Å². The van der Waals surface area contributed by atoms with Crippen LogP contribution in [-0.4, -0.2) is 26.1 Å². The minimum atomic E-state index is -0.363. The third-order valence-corrected chi connectivity index (χ3v) is 6.01. The van der Waals surface area contributed by atoms with E-state index in [0.717, 1.165) is 33.0 Å². The number of hydrogen-bond acceptors (Lipinski definition) is 4. The Morgan fingerprint density at radius 2 is 2.09 bits per heavy atom. The highest BCUT2D eigenvalue weighted by Crippen LogP contribution is 2.41. The number of rotatable bonds is 2. The lowest BCUT2D eigenvalue weighted by atomic mass is 9.95. The molecule has 0 aliphatic carbocycles. The summed E-state index contributed by atoms with van der Waals surface area (Å²) in [5.41, 5.74) is 2.55. The van der Waals surface area contributed by atoms with Gasteiger partial charge in [0.2, 0.25) is 0 Å². The molecular formula is C17H14BrN3OS. The third kappa shape index (κ3) is 2.46. The monoisotopic (exact) mass is 387 g/mol. The third-order valence-electron chi connectivity index (χ3n) is 4.08. The van der Waals surface area contributed by atoms with Gasteiger partial charge in [-0.3, -0.25) is 10.1 Å². The number of hydrogen-bond donors (Lipinski definition) is 2. The second kappa shape index (κ2) is 5.39. The predicted octanol–water partition coefficient (Wildman–Crippen LogP) is 4.44. The Balaban J connectivity index is 1.77. The molecule has 23 heavy (non-hydrogen) atoms. The molecule has 2 N–H and O–H groups in total. The van der Waals surface area contributed by atoms with Crippen molar-refractivity contribution in [1.29, 1.82) is 0 Å². The zero-order valence-corrected chi connectivity index (χ0v) is 14.8. The van der Waals surface area contributed by atoms with Gasteiger partial charge < -0.3 is 5.11 Å². The number of nitrogens with one attached hydrogen (secondary N) is 1. The number of nitrogens with zero attached hydrogens (tertiary/aromatic N) is 2. The van der Waals surface area contributed by atoms with Crippen molar-refractivity contribution < 1.29 is 5.11 Å². The molecule has 2 aromatic carbocycles. The molecule has 0 amide bonds. The van der Waals surface area contributed by atoms with Gasteiger partial charge in [0.15, 0.2) is 0 Å². The van der Waals surface area contributed by atoms with Crippen LogP contribution in [-0.2, 0) is 5.54 Å². The summed E-state index contributed by atoms with van der Waals surface area (Å²) in [4.78, 5) is 4.92. The summed E-state index contributed by atoms with van der Waals surface area (Å²) < 4.78 is 0.693. The fourth-order valence-electron chi connectivity index (χ4n) is 2.74. The Kier molecular flexibility index (Phi) is 3.46. The molecule has 116 valence electrons. The van der Waals surface area contributed by atoms with E-state index in [0.29, 0.717) is 4.47 Å². The minimum Gasteiger partial charge on any atom is -0.507 e. The molecular weight excluding hydrogens is 374 g/mol. The van der Waals surface area contributed by atoms with Gasteiger partial charge in [-0.15, -0.1) is 11.8 Å². The van der Waals surface area contributed by atoms with E-state index in [4.69, 9.17) is 4.99 Å². The topological polar surface area (TPSA) is 61.3 Å². The van der Waals surface area contributed by atoms with Crippen LogP contribution in [0.25, 0.3) is 10.9 Å². The van der Waals surface area contributed by atoms with E-state index in [9.17, 15) is 5.11 Å². The highest BCUT2D eigenvalue weighted by Gasteiger charge is 2.34. The zero-order chi connectivity index (χ0) is 16.0. The molecule has 4 rings (SSSR count). The van der Waals surface area contributed by atoms with Crippen LogP contribution < -0.4 is 0 Å². The maximum atomic E-state index is 9.95. The van der Waals surface area contributed by atoms with Gasteiger partial charge in [-0.25, -0.2) is 0 Å². The van der Waals surface area contributed by atoms with Crippen molar-refractivity contribution in [2.24, 2.45) is 4.99 Å². The summed E-state index contributed by atoms with van der Waals surface area (Å²) in [7, 11) is 0. The van der Waals surface area contributed by atoms with E-state index in [2.05, 4.69) is 39.1 Å². The Bertz CT molecular complexity index is 936.